The lowest BCUT2D eigenvalue weighted by Gasteiger charge is -2.32. The van der Waals surface area contributed by atoms with Crippen molar-refractivity contribution in [2.45, 2.75) is 13.2 Å². The molecule has 0 unspecified atom stereocenters. The van der Waals surface area contributed by atoms with Gasteiger partial charge in [-0.25, -0.2) is 9.78 Å². The van der Waals surface area contributed by atoms with Gasteiger partial charge in [0.1, 0.15) is 0 Å². The summed E-state index contributed by atoms with van der Waals surface area (Å²) in [4.78, 5) is 21.2. The molecule has 2 aromatic rings. The normalized spacial score (nSPS) is 15.4. The predicted molar refractivity (Wildman–Crippen MR) is 118 cm³/mol. The predicted octanol–water partition coefficient (Wildman–Crippen LogP) is 3.54. The SMILES string of the molecule is CN1CCN(CCOCc2csc(NC(=O)NCc3ccc(Cl)c(Cl)c3)n2)CC1. The molecule has 10 heteroatoms. The van der Waals surface area contributed by atoms with E-state index < -0.39 is 0 Å². The van der Waals surface area contributed by atoms with Crippen molar-refractivity contribution in [3.05, 3.63) is 44.9 Å². The highest BCUT2D eigenvalue weighted by atomic mass is 35.5. The second-order valence-electron chi connectivity index (χ2n) is 6.90. The molecule has 1 saturated heterocycles. The smallest absolute Gasteiger partial charge is 0.321 e. The van der Waals surface area contributed by atoms with Gasteiger partial charge in [0.2, 0.25) is 0 Å². The third kappa shape index (κ3) is 7.40. The van der Waals surface area contributed by atoms with Crippen LogP contribution < -0.4 is 10.6 Å². The fourth-order valence-corrected chi connectivity index (χ4v) is 3.86. The number of nitrogens with zero attached hydrogens (tertiary/aromatic N) is 3. The van der Waals surface area contributed by atoms with Crippen molar-refractivity contribution >= 4 is 45.7 Å². The van der Waals surface area contributed by atoms with Gasteiger partial charge >= 0.3 is 6.03 Å². The highest BCUT2D eigenvalue weighted by Gasteiger charge is 2.13. The Bertz CT molecular complexity index is 812. The molecule has 0 aliphatic carbocycles. The number of likely N-dealkylation sites (N-methyl/N-ethyl adjacent to an activating group) is 1. The summed E-state index contributed by atoms with van der Waals surface area (Å²) in [6, 6.07) is 4.92. The van der Waals surface area contributed by atoms with Crippen LogP contribution >= 0.6 is 34.5 Å². The van der Waals surface area contributed by atoms with E-state index in [4.69, 9.17) is 27.9 Å². The van der Waals surface area contributed by atoms with Crippen molar-refractivity contribution < 1.29 is 9.53 Å². The number of amides is 2. The summed E-state index contributed by atoms with van der Waals surface area (Å²) in [5.41, 5.74) is 1.68. The Kier molecular flexibility index (Phi) is 8.53. The van der Waals surface area contributed by atoms with Gasteiger partial charge in [0.05, 0.1) is 29.0 Å². The summed E-state index contributed by atoms with van der Waals surface area (Å²) in [5, 5.41) is 8.88. The van der Waals surface area contributed by atoms with Gasteiger partial charge in [-0.1, -0.05) is 29.3 Å². The summed E-state index contributed by atoms with van der Waals surface area (Å²) in [5.74, 6) is 0. The highest BCUT2D eigenvalue weighted by Crippen LogP contribution is 2.22. The van der Waals surface area contributed by atoms with Crippen LogP contribution in [0.2, 0.25) is 10.0 Å². The molecule has 1 fully saturated rings. The fourth-order valence-electron chi connectivity index (χ4n) is 2.85. The average Bonchev–Trinajstić information content (AvgIpc) is 3.15. The van der Waals surface area contributed by atoms with Crippen LogP contribution in [0.1, 0.15) is 11.3 Å². The van der Waals surface area contributed by atoms with Gasteiger partial charge in [0.25, 0.3) is 0 Å². The van der Waals surface area contributed by atoms with Crippen molar-refractivity contribution in [1.82, 2.24) is 20.1 Å². The highest BCUT2D eigenvalue weighted by molar-refractivity contribution is 7.13. The van der Waals surface area contributed by atoms with E-state index in [-0.39, 0.29) is 6.03 Å². The third-order valence-corrected chi connectivity index (χ3v) is 6.15. The monoisotopic (exact) mass is 457 g/mol. The molecule has 0 radical (unpaired) electrons. The van der Waals surface area contributed by atoms with Crippen LogP contribution in [0.3, 0.4) is 0 Å². The number of halogens is 2. The van der Waals surface area contributed by atoms with E-state index in [1.165, 1.54) is 11.3 Å². The Morgan fingerprint density at radius 1 is 1.24 bits per heavy atom. The summed E-state index contributed by atoms with van der Waals surface area (Å²) < 4.78 is 5.73. The molecule has 0 saturated carbocycles. The minimum atomic E-state index is -0.326. The Morgan fingerprint density at radius 2 is 2.03 bits per heavy atom. The number of rotatable bonds is 8. The molecular formula is C19H25Cl2N5O2S. The molecule has 1 aromatic carbocycles. The van der Waals surface area contributed by atoms with Crippen LogP contribution in [0.15, 0.2) is 23.6 Å². The Morgan fingerprint density at radius 3 is 2.79 bits per heavy atom. The number of anilines is 1. The molecule has 1 aliphatic heterocycles. The van der Waals surface area contributed by atoms with E-state index in [9.17, 15) is 4.79 Å². The molecule has 158 valence electrons. The molecule has 2 heterocycles. The van der Waals surface area contributed by atoms with Gasteiger partial charge in [0, 0.05) is 44.6 Å². The van der Waals surface area contributed by atoms with E-state index in [2.05, 4.69) is 32.5 Å². The molecule has 0 atom stereocenters. The van der Waals surface area contributed by atoms with Crippen LogP contribution in [0.25, 0.3) is 0 Å². The molecule has 2 amide bonds. The lowest BCUT2D eigenvalue weighted by atomic mass is 10.2. The maximum absolute atomic E-state index is 12.1. The number of thiazole rings is 1. The quantitative estimate of drug-likeness (QED) is 0.593. The second-order valence-corrected chi connectivity index (χ2v) is 8.57. The lowest BCUT2D eigenvalue weighted by molar-refractivity contribution is 0.0727. The van der Waals surface area contributed by atoms with Crippen molar-refractivity contribution in [2.24, 2.45) is 0 Å². The van der Waals surface area contributed by atoms with E-state index in [1.54, 1.807) is 12.1 Å². The zero-order valence-electron chi connectivity index (χ0n) is 16.3. The van der Waals surface area contributed by atoms with Crippen LogP contribution in [-0.4, -0.2) is 67.2 Å². The summed E-state index contributed by atoms with van der Waals surface area (Å²) in [7, 11) is 2.15. The molecular weight excluding hydrogens is 433 g/mol. The number of aromatic nitrogens is 1. The topological polar surface area (TPSA) is 69.7 Å². The van der Waals surface area contributed by atoms with Gasteiger partial charge in [-0.3, -0.25) is 10.2 Å². The number of hydrogen-bond donors (Lipinski definition) is 2. The van der Waals surface area contributed by atoms with Crippen LogP contribution in [0, 0.1) is 0 Å². The van der Waals surface area contributed by atoms with E-state index in [0.717, 1.165) is 44.0 Å². The largest absolute Gasteiger partial charge is 0.374 e. The van der Waals surface area contributed by atoms with Gasteiger partial charge in [-0.2, -0.15) is 0 Å². The number of urea groups is 1. The minimum Gasteiger partial charge on any atom is -0.374 e. The van der Waals surface area contributed by atoms with Crippen molar-refractivity contribution in [1.29, 1.82) is 0 Å². The zero-order valence-corrected chi connectivity index (χ0v) is 18.6. The molecule has 29 heavy (non-hydrogen) atoms. The Labute approximate surface area is 184 Å². The number of carbonyl (C=O) groups is 1. The Balaban J connectivity index is 1.33. The minimum absolute atomic E-state index is 0.326. The van der Waals surface area contributed by atoms with Crippen molar-refractivity contribution in [3.63, 3.8) is 0 Å². The first-order valence-corrected chi connectivity index (χ1v) is 11.0. The molecule has 0 spiro atoms. The third-order valence-electron chi connectivity index (χ3n) is 4.61. The van der Waals surface area contributed by atoms with Crippen molar-refractivity contribution in [2.75, 3.05) is 51.7 Å². The van der Waals surface area contributed by atoms with E-state index >= 15 is 0 Å². The molecule has 0 bridgehead atoms. The number of hydrogen-bond acceptors (Lipinski definition) is 6. The molecule has 7 nitrogen and oxygen atoms in total. The first-order chi connectivity index (χ1) is 14.0. The van der Waals surface area contributed by atoms with Gasteiger partial charge in [0.15, 0.2) is 5.13 Å². The van der Waals surface area contributed by atoms with Crippen LogP contribution in [0.4, 0.5) is 9.93 Å². The number of nitrogens with one attached hydrogen (secondary N) is 2. The maximum Gasteiger partial charge on any atom is 0.321 e. The van der Waals surface area contributed by atoms with Gasteiger partial charge in [-0.15, -0.1) is 11.3 Å². The van der Waals surface area contributed by atoms with Gasteiger partial charge < -0.3 is 15.0 Å². The molecule has 1 aromatic heterocycles. The van der Waals surface area contributed by atoms with E-state index in [1.807, 2.05) is 11.4 Å². The number of benzene rings is 1. The first kappa shape index (κ1) is 22.3. The fraction of sp³-hybridized carbons (Fsp3) is 0.474. The number of piperazine rings is 1. The summed E-state index contributed by atoms with van der Waals surface area (Å²) >= 11 is 13.2. The maximum atomic E-state index is 12.1. The number of carbonyl (C=O) groups excluding carboxylic acids is 1. The van der Waals surface area contributed by atoms with Crippen LogP contribution in [0.5, 0.6) is 0 Å². The summed E-state index contributed by atoms with van der Waals surface area (Å²) in [6.45, 7) is 6.77. The number of ether oxygens (including phenoxy) is 1. The van der Waals surface area contributed by atoms with Gasteiger partial charge in [-0.05, 0) is 24.7 Å². The Hall–Kier alpha value is -1.42. The standard InChI is InChI=1S/C19H25Cl2N5O2S/c1-25-4-6-26(7-5-25)8-9-28-12-15-13-29-19(23-15)24-18(27)22-11-14-2-3-16(20)17(21)10-14/h2-3,10,13H,4-9,11-12H2,1H3,(H2,22,23,24,27). The zero-order chi connectivity index (χ0) is 20.6. The first-order valence-electron chi connectivity index (χ1n) is 9.41. The molecule has 2 N–H and O–H groups in total. The van der Waals surface area contributed by atoms with Crippen molar-refractivity contribution in [3.8, 4) is 0 Å². The van der Waals surface area contributed by atoms with E-state index in [0.29, 0.717) is 34.9 Å². The average molecular weight is 458 g/mol. The molecule has 1 aliphatic rings. The summed E-state index contributed by atoms with van der Waals surface area (Å²) in [6.07, 6.45) is 0. The molecule has 3 rings (SSSR count). The second kappa shape index (κ2) is 11.1. The van der Waals surface area contributed by atoms with Crippen LogP contribution in [-0.2, 0) is 17.9 Å². The lowest BCUT2D eigenvalue weighted by Crippen LogP contribution is -2.45.